The van der Waals surface area contributed by atoms with Crippen molar-refractivity contribution in [3.8, 4) is 0 Å². The minimum Gasteiger partial charge on any atom is -0.397 e. The summed E-state index contributed by atoms with van der Waals surface area (Å²) in [7, 11) is 0. The fourth-order valence-electron chi connectivity index (χ4n) is 1.69. The van der Waals surface area contributed by atoms with Gasteiger partial charge in [-0.1, -0.05) is 12.1 Å². The first-order valence-electron chi connectivity index (χ1n) is 6.11. The number of halogens is 1. The standard InChI is InChI=1S/C13H13BrN4O3/c14-8-7-18(13(21)17-12(8)20)6-5-11(19)16-10-4-2-1-3-9(10)15/h1-4,7H,5-6,15H2,(H,16,19)(H,17,20,21). The number of rotatable bonds is 4. The van der Waals surface area contributed by atoms with E-state index in [1.54, 1.807) is 24.3 Å². The van der Waals surface area contributed by atoms with E-state index in [-0.39, 0.29) is 23.3 Å². The molecule has 1 heterocycles. The molecule has 7 nitrogen and oxygen atoms in total. The van der Waals surface area contributed by atoms with E-state index in [0.29, 0.717) is 11.4 Å². The van der Waals surface area contributed by atoms with Crippen molar-refractivity contribution in [2.45, 2.75) is 13.0 Å². The van der Waals surface area contributed by atoms with Gasteiger partial charge in [0.2, 0.25) is 5.91 Å². The van der Waals surface area contributed by atoms with Gasteiger partial charge < -0.3 is 11.1 Å². The number of hydrogen-bond donors (Lipinski definition) is 3. The van der Waals surface area contributed by atoms with Gasteiger partial charge >= 0.3 is 5.69 Å². The molecular weight excluding hydrogens is 340 g/mol. The van der Waals surface area contributed by atoms with Crippen LogP contribution >= 0.6 is 15.9 Å². The number of amides is 1. The van der Waals surface area contributed by atoms with E-state index in [9.17, 15) is 14.4 Å². The highest BCUT2D eigenvalue weighted by atomic mass is 79.9. The Kier molecular flexibility index (Phi) is 4.59. The van der Waals surface area contributed by atoms with Crippen molar-refractivity contribution in [3.05, 3.63) is 55.8 Å². The summed E-state index contributed by atoms with van der Waals surface area (Å²) < 4.78 is 1.48. The third kappa shape index (κ3) is 3.82. The van der Waals surface area contributed by atoms with Gasteiger partial charge in [-0.15, -0.1) is 0 Å². The number of nitrogens with two attached hydrogens (primary N) is 1. The summed E-state index contributed by atoms with van der Waals surface area (Å²) in [6.45, 7) is 0.146. The number of para-hydroxylation sites is 2. The normalized spacial score (nSPS) is 10.3. The first-order valence-corrected chi connectivity index (χ1v) is 6.90. The third-order valence-electron chi connectivity index (χ3n) is 2.78. The summed E-state index contributed by atoms with van der Waals surface area (Å²) in [5.74, 6) is -0.276. The molecule has 0 unspecified atom stereocenters. The average molecular weight is 353 g/mol. The van der Waals surface area contributed by atoms with Crippen molar-refractivity contribution in [2.24, 2.45) is 0 Å². The van der Waals surface area contributed by atoms with E-state index < -0.39 is 11.2 Å². The number of nitrogens with zero attached hydrogens (tertiary/aromatic N) is 1. The Morgan fingerprint density at radius 1 is 1.33 bits per heavy atom. The molecule has 110 valence electrons. The lowest BCUT2D eigenvalue weighted by molar-refractivity contribution is -0.116. The Labute approximate surface area is 127 Å². The lowest BCUT2D eigenvalue weighted by Gasteiger charge is -2.08. The molecule has 1 aromatic carbocycles. The SMILES string of the molecule is Nc1ccccc1NC(=O)CCn1cc(Br)c(=O)[nH]c1=O. The van der Waals surface area contributed by atoms with Crippen LogP contribution < -0.4 is 22.3 Å². The van der Waals surface area contributed by atoms with Crippen LogP contribution in [0.4, 0.5) is 11.4 Å². The van der Waals surface area contributed by atoms with Crippen molar-refractivity contribution >= 4 is 33.2 Å². The Bertz CT molecular complexity index is 781. The van der Waals surface area contributed by atoms with Gasteiger partial charge in [0.25, 0.3) is 5.56 Å². The fourth-order valence-corrected chi connectivity index (χ4v) is 2.04. The van der Waals surface area contributed by atoms with E-state index in [0.717, 1.165) is 0 Å². The maximum absolute atomic E-state index is 11.8. The number of carbonyl (C=O) groups excluding carboxylic acids is 1. The molecule has 4 N–H and O–H groups in total. The van der Waals surface area contributed by atoms with Gasteiger partial charge in [0.1, 0.15) is 0 Å². The van der Waals surface area contributed by atoms with Crippen molar-refractivity contribution < 1.29 is 4.79 Å². The van der Waals surface area contributed by atoms with Gasteiger partial charge in [0, 0.05) is 19.2 Å². The van der Waals surface area contributed by atoms with Gasteiger partial charge in [-0.05, 0) is 28.1 Å². The van der Waals surface area contributed by atoms with Crippen LogP contribution in [0.25, 0.3) is 0 Å². The van der Waals surface area contributed by atoms with Crippen molar-refractivity contribution in [1.29, 1.82) is 0 Å². The highest BCUT2D eigenvalue weighted by Gasteiger charge is 2.07. The molecule has 1 amide bonds. The third-order valence-corrected chi connectivity index (χ3v) is 3.35. The lowest BCUT2D eigenvalue weighted by atomic mass is 10.2. The summed E-state index contributed by atoms with van der Waals surface area (Å²) in [5, 5.41) is 2.66. The molecule has 0 saturated heterocycles. The zero-order valence-electron chi connectivity index (χ0n) is 10.9. The zero-order valence-corrected chi connectivity index (χ0v) is 12.5. The highest BCUT2D eigenvalue weighted by Crippen LogP contribution is 2.16. The second-order valence-electron chi connectivity index (χ2n) is 4.32. The maximum Gasteiger partial charge on any atom is 0.328 e. The quantitative estimate of drug-likeness (QED) is 0.710. The Morgan fingerprint density at radius 2 is 2.05 bits per heavy atom. The zero-order chi connectivity index (χ0) is 15.4. The van der Waals surface area contributed by atoms with E-state index in [2.05, 4.69) is 26.2 Å². The lowest BCUT2D eigenvalue weighted by Crippen LogP contribution is -2.31. The van der Waals surface area contributed by atoms with Crippen molar-refractivity contribution in [3.63, 3.8) is 0 Å². The first-order chi connectivity index (χ1) is 9.97. The second kappa shape index (κ2) is 6.40. The molecule has 21 heavy (non-hydrogen) atoms. The number of anilines is 2. The topological polar surface area (TPSA) is 110 Å². The van der Waals surface area contributed by atoms with Crippen LogP contribution in [0.3, 0.4) is 0 Å². The molecule has 0 radical (unpaired) electrons. The minimum atomic E-state index is -0.560. The summed E-state index contributed by atoms with van der Waals surface area (Å²) in [5.41, 5.74) is 5.65. The van der Waals surface area contributed by atoms with Crippen LogP contribution in [0.2, 0.25) is 0 Å². The predicted octanol–water partition coefficient (Wildman–Crippen LogP) is 0.910. The van der Waals surface area contributed by atoms with Gasteiger partial charge in [0.05, 0.1) is 15.8 Å². The van der Waals surface area contributed by atoms with Crippen molar-refractivity contribution in [1.82, 2.24) is 9.55 Å². The molecule has 0 spiro atoms. The number of aromatic nitrogens is 2. The van der Waals surface area contributed by atoms with Crippen LogP contribution in [0.5, 0.6) is 0 Å². The first kappa shape index (κ1) is 15.0. The smallest absolute Gasteiger partial charge is 0.328 e. The molecule has 0 saturated carbocycles. The average Bonchev–Trinajstić information content (AvgIpc) is 2.44. The van der Waals surface area contributed by atoms with E-state index in [4.69, 9.17) is 5.73 Å². The molecule has 2 rings (SSSR count). The monoisotopic (exact) mass is 352 g/mol. The number of H-pyrrole nitrogens is 1. The minimum absolute atomic E-state index is 0.0761. The van der Waals surface area contributed by atoms with Gasteiger partial charge in [-0.25, -0.2) is 4.79 Å². The molecular formula is C13H13BrN4O3. The fraction of sp³-hybridized carbons (Fsp3) is 0.154. The number of nitrogens with one attached hydrogen (secondary N) is 2. The molecule has 8 heteroatoms. The summed E-state index contributed by atoms with van der Waals surface area (Å²) in [4.78, 5) is 36.7. The van der Waals surface area contributed by atoms with E-state index >= 15 is 0 Å². The van der Waals surface area contributed by atoms with E-state index in [1.807, 2.05) is 0 Å². The Hall–Kier alpha value is -2.35. The molecule has 0 aliphatic heterocycles. The molecule has 0 bridgehead atoms. The largest absolute Gasteiger partial charge is 0.397 e. The van der Waals surface area contributed by atoms with Crippen LogP contribution in [0, 0.1) is 0 Å². The van der Waals surface area contributed by atoms with Crippen LogP contribution in [-0.2, 0) is 11.3 Å². The van der Waals surface area contributed by atoms with Crippen molar-refractivity contribution in [2.75, 3.05) is 11.1 Å². The number of aromatic amines is 1. The van der Waals surface area contributed by atoms with Crippen LogP contribution in [0.15, 0.2) is 44.5 Å². The summed E-state index contributed by atoms with van der Waals surface area (Å²) >= 11 is 3.03. The van der Waals surface area contributed by atoms with Crippen LogP contribution in [-0.4, -0.2) is 15.5 Å². The molecule has 2 aromatic rings. The highest BCUT2D eigenvalue weighted by molar-refractivity contribution is 9.10. The number of nitrogen functional groups attached to an aromatic ring is 1. The van der Waals surface area contributed by atoms with E-state index in [1.165, 1.54) is 10.8 Å². The van der Waals surface area contributed by atoms with Gasteiger partial charge in [-0.2, -0.15) is 0 Å². The number of benzene rings is 1. The molecule has 1 aromatic heterocycles. The second-order valence-corrected chi connectivity index (χ2v) is 5.17. The molecule has 0 fully saturated rings. The van der Waals surface area contributed by atoms with Gasteiger partial charge in [-0.3, -0.25) is 19.1 Å². The number of aryl methyl sites for hydroxylation is 1. The Balaban J connectivity index is 2.02. The maximum atomic E-state index is 11.8. The van der Waals surface area contributed by atoms with Crippen LogP contribution in [0.1, 0.15) is 6.42 Å². The molecule has 0 atom stereocenters. The Morgan fingerprint density at radius 3 is 2.76 bits per heavy atom. The number of hydrogen-bond acceptors (Lipinski definition) is 4. The van der Waals surface area contributed by atoms with Gasteiger partial charge in [0.15, 0.2) is 0 Å². The molecule has 0 aliphatic rings. The summed E-state index contributed by atoms with van der Waals surface area (Å²) in [6.07, 6.45) is 1.43. The predicted molar refractivity (Wildman–Crippen MR) is 83.1 cm³/mol. The number of carbonyl (C=O) groups is 1. The molecule has 0 aliphatic carbocycles. The summed E-state index contributed by atoms with van der Waals surface area (Å²) in [6, 6.07) is 6.90.